The molecule has 1 heterocycles. The summed E-state index contributed by atoms with van der Waals surface area (Å²) >= 11 is 6.13. The third-order valence-electron chi connectivity index (χ3n) is 6.64. The van der Waals surface area contributed by atoms with Gasteiger partial charge in [-0.05, 0) is 60.2 Å². The second-order valence-electron chi connectivity index (χ2n) is 9.12. The van der Waals surface area contributed by atoms with Crippen LogP contribution in [0.2, 0.25) is 5.02 Å². The van der Waals surface area contributed by atoms with Crippen LogP contribution in [0.1, 0.15) is 15.9 Å². The Morgan fingerprint density at radius 1 is 0.763 bits per heavy atom. The highest BCUT2D eigenvalue weighted by Crippen LogP contribution is 2.26. The number of hydrogen-bond donors (Lipinski definition) is 0. The highest BCUT2D eigenvalue weighted by Gasteiger charge is 2.26. The molecule has 8 heteroatoms. The van der Waals surface area contributed by atoms with E-state index in [2.05, 4.69) is 4.90 Å². The lowest BCUT2D eigenvalue weighted by Crippen LogP contribution is -2.48. The van der Waals surface area contributed by atoms with Crippen LogP contribution in [0.4, 0.5) is 11.4 Å². The van der Waals surface area contributed by atoms with E-state index in [9.17, 15) is 13.2 Å². The molecule has 0 bridgehead atoms. The second-order valence-corrected chi connectivity index (χ2v) is 11.4. The van der Waals surface area contributed by atoms with Crippen molar-refractivity contribution in [2.24, 2.45) is 0 Å². The summed E-state index contributed by atoms with van der Waals surface area (Å²) in [7, 11) is -3.78. The fourth-order valence-corrected chi connectivity index (χ4v) is 6.23. The monoisotopic (exact) mass is 545 g/mol. The average molecular weight is 546 g/mol. The summed E-state index contributed by atoms with van der Waals surface area (Å²) in [5.41, 5.74) is 3.01. The summed E-state index contributed by atoms with van der Waals surface area (Å²) in [6.07, 6.45) is 0. The Morgan fingerprint density at radius 3 is 2.03 bits per heavy atom. The molecule has 194 valence electrons. The van der Waals surface area contributed by atoms with E-state index in [1.807, 2.05) is 59.5 Å². The highest BCUT2D eigenvalue weighted by atomic mass is 35.5. The van der Waals surface area contributed by atoms with Crippen LogP contribution in [0.25, 0.3) is 0 Å². The Balaban J connectivity index is 1.29. The Kier molecular flexibility index (Phi) is 7.67. The molecule has 5 rings (SSSR count). The molecule has 0 aromatic heterocycles. The molecular weight excluding hydrogens is 518 g/mol. The van der Waals surface area contributed by atoms with Gasteiger partial charge in [0, 0.05) is 42.5 Å². The number of rotatable bonds is 7. The SMILES string of the molecule is O=C(c1ccc(CN(c2ccccc2)S(=O)(=O)c2ccccc2)cc1)N1CCN(c2cccc(Cl)c2)CC1. The van der Waals surface area contributed by atoms with Gasteiger partial charge in [-0.15, -0.1) is 0 Å². The van der Waals surface area contributed by atoms with Crippen LogP contribution < -0.4 is 9.21 Å². The zero-order valence-electron chi connectivity index (χ0n) is 20.8. The van der Waals surface area contributed by atoms with Crippen molar-refractivity contribution < 1.29 is 13.2 Å². The van der Waals surface area contributed by atoms with Crippen molar-refractivity contribution in [1.82, 2.24) is 4.90 Å². The topological polar surface area (TPSA) is 60.9 Å². The van der Waals surface area contributed by atoms with E-state index in [1.54, 1.807) is 54.6 Å². The molecule has 1 fully saturated rings. The molecule has 0 saturated carbocycles. The van der Waals surface area contributed by atoms with Gasteiger partial charge in [0.25, 0.3) is 15.9 Å². The molecule has 4 aromatic carbocycles. The zero-order chi connectivity index (χ0) is 26.5. The van der Waals surface area contributed by atoms with Gasteiger partial charge in [-0.1, -0.05) is 66.2 Å². The van der Waals surface area contributed by atoms with Gasteiger partial charge < -0.3 is 9.80 Å². The lowest BCUT2D eigenvalue weighted by Gasteiger charge is -2.36. The first-order valence-electron chi connectivity index (χ1n) is 12.4. The number of amides is 1. The molecule has 0 unspecified atom stereocenters. The van der Waals surface area contributed by atoms with E-state index in [1.165, 1.54) is 4.31 Å². The number of sulfonamides is 1. The lowest BCUT2D eigenvalue weighted by molar-refractivity contribution is 0.0746. The van der Waals surface area contributed by atoms with Crippen LogP contribution >= 0.6 is 11.6 Å². The van der Waals surface area contributed by atoms with Crippen molar-refractivity contribution >= 4 is 38.9 Å². The molecule has 1 aliphatic heterocycles. The summed E-state index contributed by atoms with van der Waals surface area (Å²) in [6, 6.07) is 32.4. The Morgan fingerprint density at radius 2 is 1.39 bits per heavy atom. The molecule has 1 saturated heterocycles. The predicted octanol–water partition coefficient (Wildman–Crippen LogP) is 5.70. The summed E-state index contributed by atoms with van der Waals surface area (Å²) in [4.78, 5) is 17.5. The van der Waals surface area contributed by atoms with E-state index >= 15 is 0 Å². The minimum absolute atomic E-state index is 0.0286. The number of piperazine rings is 1. The highest BCUT2D eigenvalue weighted by molar-refractivity contribution is 7.92. The first-order chi connectivity index (χ1) is 18.4. The molecule has 38 heavy (non-hydrogen) atoms. The minimum atomic E-state index is -3.78. The molecule has 1 amide bonds. The third-order valence-corrected chi connectivity index (χ3v) is 8.67. The molecule has 6 nitrogen and oxygen atoms in total. The molecule has 1 aliphatic rings. The number of anilines is 2. The lowest BCUT2D eigenvalue weighted by atomic mass is 10.1. The second kappa shape index (κ2) is 11.3. The first-order valence-corrected chi connectivity index (χ1v) is 14.3. The fourth-order valence-electron chi connectivity index (χ4n) is 4.57. The van der Waals surface area contributed by atoms with Crippen LogP contribution in [-0.4, -0.2) is 45.4 Å². The van der Waals surface area contributed by atoms with E-state index in [4.69, 9.17) is 11.6 Å². The van der Waals surface area contributed by atoms with Gasteiger partial charge in [0.15, 0.2) is 0 Å². The predicted molar refractivity (Wildman–Crippen MR) is 152 cm³/mol. The van der Waals surface area contributed by atoms with Crippen molar-refractivity contribution in [2.75, 3.05) is 35.4 Å². The van der Waals surface area contributed by atoms with Gasteiger partial charge in [0.1, 0.15) is 0 Å². The zero-order valence-corrected chi connectivity index (χ0v) is 22.4. The van der Waals surface area contributed by atoms with E-state index in [0.717, 1.165) is 24.3 Å². The van der Waals surface area contributed by atoms with Crippen LogP contribution in [0.15, 0.2) is 114 Å². The average Bonchev–Trinajstić information content (AvgIpc) is 2.97. The smallest absolute Gasteiger partial charge is 0.264 e. The number of carbonyl (C=O) groups excluding carboxylic acids is 1. The number of nitrogens with zero attached hydrogens (tertiary/aromatic N) is 3. The van der Waals surface area contributed by atoms with Gasteiger partial charge in [-0.3, -0.25) is 9.10 Å². The third kappa shape index (κ3) is 5.69. The standard InChI is InChI=1S/C30H28ClN3O3S/c31-26-8-7-11-28(22-26)32-18-20-33(21-19-32)30(35)25-16-14-24(15-17-25)23-34(27-9-3-1-4-10-27)38(36,37)29-12-5-2-6-13-29/h1-17,22H,18-21,23H2. The van der Waals surface area contributed by atoms with Crippen molar-refractivity contribution in [1.29, 1.82) is 0 Å². The van der Waals surface area contributed by atoms with E-state index < -0.39 is 10.0 Å². The number of benzene rings is 4. The molecule has 0 radical (unpaired) electrons. The molecule has 0 spiro atoms. The van der Waals surface area contributed by atoms with Crippen LogP contribution in [0.3, 0.4) is 0 Å². The Bertz CT molecular complexity index is 1490. The number of halogens is 1. The van der Waals surface area contributed by atoms with Gasteiger partial charge >= 0.3 is 0 Å². The van der Waals surface area contributed by atoms with Crippen molar-refractivity contribution in [3.8, 4) is 0 Å². The number of carbonyl (C=O) groups is 1. The summed E-state index contributed by atoms with van der Waals surface area (Å²) in [6.45, 7) is 2.84. The van der Waals surface area contributed by atoms with Crippen molar-refractivity contribution in [3.05, 3.63) is 125 Å². The first kappa shape index (κ1) is 25.8. The quantitative estimate of drug-likeness (QED) is 0.299. The van der Waals surface area contributed by atoms with Crippen LogP contribution in [0, 0.1) is 0 Å². The molecule has 0 atom stereocenters. The maximum absolute atomic E-state index is 13.5. The Labute approximate surface area is 228 Å². The largest absolute Gasteiger partial charge is 0.368 e. The van der Waals surface area contributed by atoms with Crippen LogP contribution in [-0.2, 0) is 16.6 Å². The summed E-state index contributed by atoms with van der Waals surface area (Å²) < 4.78 is 28.4. The fraction of sp³-hybridized carbons (Fsp3) is 0.167. The maximum Gasteiger partial charge on any atom is 0.264 e. The molecule has 0 aliphatic carbocycles. The van der Waals surface area contributed by atoms with Crippen LogP contribution in [0.5, 0.6) is 0 Å². The van der Waals surface area contributed by atoms with E-state index in [0.29, 0.717) is 29.4 Å². The molecular formula is C30H28ClN3O3S. The van der Waals surface area contributed by atoms with E-state index in [-0.39, 0.29) is 17.3 Å². The van der Waals surface area contributed by atoms with Gasteiger partial charge in [-0.25, -0.2) is 8.42 Å². The molecule has 4 aromatic rings. The number of hydrogen-bond acceptors (Lipinski definition) is 4. The minimum Gasteiger partial charge on any atom is -0.368 e. The summed E-state index contributed by atoms with van der Waals surface area (Å²) in [5, 5.41) is 0.698. The number of para-hydroxylation sites is 1. The van der Waals surface area contributed by atoms with Gasteiger partial charge in [-0.2, -0.15) is 0 Å². The Hall–Kier alpha value is -3.81. The van der Waals surface area contributed by atoms with Gasteiger partial charge in [0.2, 0.25) is 0 Å². The summed E-state index contributed by atoms with van der Waals surface area (Å²) in [5.74, 6) is -0.0286. The maximum atomic E-state index is 13.5. The van der Waals surface area contributed by atoms with Crippen molar-refractivity contribution in [2.45, 2.75) is 11.4 Å². The van der Waals surface area contributed by atoms with Gasteiger partial charge in [0.05, 0.1) is 17.1 Å². The van der Waals surface area contributed by atoms with Crippen molar-refractivity contribution in [3.63, 3.8) is 0 Å². The molecule has 0 N–H and O–H groups in total. The normalized spacial score (nSPS) is 13.8.